The van der Waals surface area contributed by atoms with E-state index in [1.54, 1.807) is 6.07 Å². The Bertz CT molecular complexity index is 1100. The molecule has 0 spiro atoms. The molecule has 0 N–H and O–H groups in total. The number of nitrogens with zero attached hydrogens (tertiary/aromatic N) is 1. The molecule has 0 saturated heterocycles. The molecular weight excluding hydrogens is 382 g/mol. The number of carbonyl (C=O) groups is 1. The van der Waals surface area contributed by atoms with Crippen LogP contribution in [0.2, 0.25) is 5.02 Å². The Labute approximate surface area is 174 Å². The average Bonchev–Trinajstić information content (AvgIpc) is 2.76. The SMILES string of the molecule is N#CC1=C(c2ccccc2)OC(=O)[C@@H](Cc2ccccc2)[C@H]1c1cccc(Cl)c1. The highest BCUT2D eigenvalue weighted by Gasteiger charge is 2.41. The Hall–Kier alpha value is -3.35. The molecule has 1 aliphatic rings. The highest BCUT2D eigenvalue weighted by atomic mass is 35.5. The normalized spacial score (nSPS) is 18.8. The van der Waals surface area contributed by atoms with Gasteiger partial charge in [0.05, 0.1) is 17.6 Å². The smallest absolute Gasteiger partial charge is 0.315 e. The summed E-state index contributed by atoms with van der Waals surface area (Å²) in [5, 5.41) is 10.6. The van der Waals surface area contributed by atoms with Crippen molar-refractivity contribution in [3.63, 3.8) is 0 Å². The molecule has 0 amide bonds. The van der Waals surface area contributed by atoms with Crippen LogP contribution >= 0.6 is 11.6 Å². The maximum atomic E-state index is 13.1. The minimum atomic E-state index is -0.516. The molecule has 3 aromatic carbocycles. The van der Waals surface area contributed by atoms with Crippen LogP contribution in [-0.2, 0) is 16.0 Å². The predicted molar refractivity (Wildman–Crippen MR) is 113 cm³/mol. The maximum absolute atomic E-state index is 13.1. The van der Waals surface area contributed by atoms with Gasteiger partial charge in [-0.3, -0.25) is 4.79 Å². The van der Waals surface area contributed by atoms with Crippen molar-refractivity contribution in [1.82, 2.24) is 0 Å². The Morgan fingerprint density at radius 2 is 1.62 bits per heavy atom. The summed E-state index contributed by atoms with van der Waals surface area (Å²) in [5.74, 6) is -0.961. The monoisotopic (exact) mass is 399 g/mol. The van der Waals surface area contributed by atoms with Gasteiger partial charge in [-0.2, -0.15) is 5.26 Å². The van der Waals surface area contributed by atoms with E-state index in [1.165, 1.54) is 0 Å². The number of carbonyl (C=O) groups excluding carboxylic acids is 1. The Balaban J connectivity index is 1.87. The van der Waals surface area contributed by atoms with Gasteiger partial charge < -0.3 is 4.74 Å². The van der Waals surface area contributed by atoms with E-state index in [0.717, 1.165) is 11.1 Å². The Morgan fingerprint density at radius 1 is 0.931 bits per heavy atom. The van der Waals surface area contributed by atoms with Crippen LogP contribution < -0.4 is 0 Å². The molecule has 0 radical (unpaired) electrons. The first-order valence-corrected chi connectivity index (χ1v) is 9.76. The summed E-state index contributed by atoms with van der Waals surface area (Å²) in [5.41, 5.74) is 3.00. The van der Waals surface area contributed by atoms with Crippen LogP contribution in [0.1, 0.15) is 22.6 Å². The van der Waals surface area contributed by atoms with E-state index in [9.17, 15) is 10.1 Å². The quantitative estimate of drug-likeness (QED) is 0.523. The fraction of sp³-hybridized carbons (Fsp3) is 0.120. The molecule has 2 atom stereocenters. The second kappa shape index (κ2) is 8.34. The molecule has 142 valence electrons. The summed E-state index contributed by atoms with van der Waals surface area (Å²) >= 11 is 6.24. The molecule has 4 rings (SSSR count). The maximum Gasteiger partial charge on any atom is 0.315 e. The lowest BCUT2D eigenvalue weighted by Gasteiger charge is -2.32. The summed E-state index contributed by atoms with van der Waals surface area (Å²) in [4.78, 5) is 13.1. The fourth-order valence-corrected chi connectivity index (χ4v) is 4.00. The highest BCUT2D eigenvalue weighted by molar-refractivity contribution is 6.30. The van der Waals surface area contributed by atoms with Crippen molar-refractivity contribution in [3.8, 4) is 6.07 Å². The minimum Gasteiger partial charge on any atom is -0.425 e. The molecule has 4 heteroatoms. The first-order valence-electron chi connectivity index (χ1n) is 9.38. The van der Waals surface area contributed by atoms with Gasteiger partial charge in [-0.15, -0.1) is 0 Å². The Kier molecular flexibility index (Phi) is 5.46. The number of esters is 1. The van der Waals surface area contributed by atoms with E-state index in [1.807, 2.05) is 78.9 Å². The number of nitriles is 1. The van der Waals surface area contributed by atoms with Gasteiger partial charge in [0.1, 0.15) is 0 Å². The van der Waals surface area contributed by atoms with Crippen molar-refractivity contribution in [2.24, 2.45) is 5.92 Å². The predicted octanol–water partition coefficient (Wildman–Crippen LogP) is 5.77. The van der Waals surface area contributed by atoms with E-state index >= 15 is 0 Å². The van der Waals surface area contributed by atoms with Gasteiger partial charge in [-0.05, 0) is 29.7 Å². The third-order valence-electron chi connectivity index (χ3n) is 5.13. The average molecular weight is 400 g/mol. The molecule has 29 heavy (non-hydrogen) atoms. The minimum absolute atomic E-state index is 0.326. The third kappa shape index (κ3) is 3.94. The number of hydrogen-bond acceptors (Lipinski definition) is 3. The van der Waals surface area contributed by atoms with Crippen LogP contribution in [0.4, 0.5) is 0 Å². The molecule has 1 aliphatic heterocycles. The van der Waals surface area contributed by atoms with Crippen molar-refractivity contribution < 1.29 is 9.53 Å². The van der Waals surface area contributed by atoms with Crippen LogP contribution in [0.5, 0.6) is 0 Å². The summed E-state index contributed by atoms with van der Waals surface area (Å²) in [6, 6.07) is 28.7. The molecule has 0 aliphatic carbocycles. The summed E-state index contributed by atoms with van der Waals surface area (Å²) in [7, 11) is 0. The van der Waals surface area contributed by atoms with Gasteiger partial charge in [0.25, 0.3) is 0 Å². The molecule has 0 aromatic heterocycles. The molecule has 3 aromatic rings. The van der Waals surface area contributed by atoms with E-state index in [-0.39, 0.29) is 5.97 Å². The van der Waals surface area contributed by atoms with E-state index < -0.39 is 11.8 Å². The van der Waals surface area contributed by atoms with Crippen molar-refractivity contribution in [2.45, 2.75) is 12.3 Å². The van der Waals surface area contributed by atoms with E-state index in [0.29, 0.717) is 28.3 Å². The van der Waals surface area contributed by atoms with Crippen molar-refractivity contribution in [1.29, 1.82) is 5.26 Å². The van der Waals surface area contributed by atoms with E-state index in [4.69, 9.17) is 16.3 Å². The molecule has 0 saturated carbocycles. The molecular formula is C25H18ClNO2. The standard InChI is InChI=1S/C25H18ClNO2/c26-20-13-7-12-19(15-20)23-21(14-17-8-3-1-4-9-17)25(28)29-24(22(23)16-27)18-10-5-2-6-11-18/h1-13,15,21,23H,14H2/t21-,23+/m0/s1. The third-order valence-corrected chi connectivity index (χ3v) is 5.36. The van der Waals surface area contributed by atoms with Gasteiger partial charge in [0.15, 0.2) is 5.76 Å². The second-order valence-electron chi connectivity index (χ2n) is 6.97. The van der Waals surface area contributed by atoms with E-state index in [2.05, 4.69) is 6.07 Å². The fourth-order valence-electron chi connectivity index (χ4n) is 3.80. The molecule has 0 fully saturated rings. The van der Waals surface area contributed by atoms with Gasteiger partial charge in [-0.25, -0.2) is 0 Å². The lowest BCUT2D eigenvalue weighted by molar-refractivity contribution is -0.143. The van der Waals surface area contributed by atoms with Crippen molar-refractivity contribution >= 4 is 23.3 Å². The largest absolute Gasteiger partial charge is 0.425 e. The van der Waals surface area contributed by atoms with Crippen LogP contribution in [0.3, 0.4) is 0 Å². The number of allylic oxidation sites excluding steroid dienone is 1. The number of rotatable bonds is 4. The second-order valence-corrected chi connectivity index (χ2v) is 7.41. The van der Waals surface area contributed by atoms with Crippen LogP contribution in [0, 0.1) is 17.2 Å². The summed E-state index contributed by atoms with van der Waals surface area (Å²) in [6.45, 7) is 0. The van der Waals surface area contributed by atoms with Gasteiger partial charge in [-0.1, -0.05) is 84.4 Å². The highest BCUT2D eigenvalue weighted by Crippen LogP contribution is 2.43. The topological polar surface area (TPSA) is 50.1 Å². The van der Waals surface area contributed by atoms with Gasteiger partial charge in [0, 0.05) is 16.5 Å². The zero-order valence-electron chi connectivity index (χ0n) is 15.6. The van der Waals surface area contributed by atoms with Crippen LogP contribution in [0.25, 0.3) is 5.76 Å². The number of ether oxygens (including phenoxy) is 1. The zero-order valence-corrected chi connectivity index (χ0v) is 16.3. The van der Waals surface area contributed by atoms with Crippen LogP contribution in [-0.4, -0.2) is 5.97 Å². The van der Waals surface area contributed by atoms with Crippen LogP contribution in [0.15, 0.2) is 90.5 Å². The zero-order chi connectivity index (χ0) is 20.2. The lowest BCUT2D eigenvalue weighted by Crippen LogP contribution is -2.32. The molecule has 3 nitrogen and oxygen atoms in total. The van der Waals surface area contributed by atoms with Gasteiger partial charge >= 0.3 is 5.97 Å². The number of cyclic esters (lactones) is 1. The van der Waals surface area contributed by atoms with Crippen molar-refractivity contribution in [2.75, 3.05) is 0 Å². The Morgan fingerprint density at radius 3 is 2.28 bits per heavy atom. The lowest BCUT2D eigenvalue weighted by atomic mass is 9.75. The molecule has 1 heterocycles. The first kappa shape index (κ1) is 19.0. The van der Waals surface area contributed by atoms with Crippen molar-refractivity contribution in [3.05, 3.63) is 112 Å². The molecule has 0 bridgehead atoms. The first-order chi connectivity index (χ1) is 14.2. The summed E-state index contributed by atoms with van der Waals surface area (Å²) in [6.07, 6.45) is 0.476. The molecule has 0 unspecified atom stereocenters. The number of halogens is 1. The number of hydrogen-bond donors (Lipinski definition) is 0. The van der Waals surface area contributed by atoms with Gasteiger partial charge in [0.2, 0.25) is 0 Å². The number of benzene rings is 3. The summed E-state index contributed by atoms with van der Waals surface area (Å²) < 4.78 is 5.73.